The Kier molecular flexibility index (Phi) is 9.43. The molecule has 0 bridgehead atoms. The third-order valence-corrected chi connectivity index (χ3v) is 5.43. The summed E-state index contributed by atoms with van der Waals surface area (Å²) in [5.74, 6) is 2.79. The van der Waals surface area contributed by atoms with Crippen LogP contribution in [0.25, 0.3) is 0 Å². The van der Waals surface area contributed by atoms with Crippen LogP contribution in [0.2, 0.25) is 0 Å². The van der Waals surface area contributed by atoms with Crippen LogP contribution in [0.15, 0.2) is 36.5 Å². The Morgan fingerprint density at radius 3 is 2.34 bits per heavy atom. The van der Waals surface area contributed by atoms with E-state index >= 15 is 0 Å². The van der Waals surface area contributed by atoms with Crippen molar-refractivity contribution >= 4 is 5.82 Å². The summed E-state index contributed by atoms with van der Waals surface area (Å²) < 4.78 is 6.12. The molecule has 0 saturated carbocycles. The minimum absolute atomic E-state index is 0.227. The molecule has 1 unspecified atom stereocenters. The van der Waals surface area contributed by atoms with Gasteiger partial charge in [-0.1, -0.05) is 46.8 Å². The lowest BCUT2D eigenvalue weighted by Gasteiger charge is -2.23. The van der Waals surface area contributed by atoms with Gasteiger partial charge in [-0.05, 0) is 62.1 Å². The predicted molar refractivity (Wildman–Crippen MR) is 123 cm³/mol. The second-order valence-electron chi connectivity index (χ2n) is 8.38. The Hall–Kier alpha value is -2.10. The molecule has 0 aromatic carbocycles. The molecule has 4 heteroatoms. The molecule has 0 amide bonds. The van der Waals surface area contributed by atoms with Crippen molar-refractivity contribution in [2.75, 3.05) is 18.0 Å². The average Bonchev–Trinajstić information content (AvgIpc) is 2.73. The van der Waals surface area contributed by atoms with Crippen LogP contribution in [0.5, 0.6) is 5.88 Å². The lowest BCUT2D eigenvalue weighted by atomic mass is 10.1. The minimum Gasteiger partial charge on any atom is -0.474 e. The van der Waals surface area contributed by atoms with Gasteiger partial charge in [0, 0.05) is 31.0 Å². The number of hydrogen-bond acceptors (Lipinski definition) is 4. The molecule has 2 heterocycles. The van der Waals surface area contributed by atoms with Crippen molar-refractivity contribution in [2.24, 2.45) is 0 Å². The molecule has 0 spiro atoms. The Bertz CT molecular complexity index is 712. The van der Waals surface area contributed by atoms with E-state index in [1.54, 1.807) is 0 Å². The number of anilines is 1. The summed E-state index contributed by atoms with van der Waals surface area (Å²) in [6.45, 7) is 15.1. The zero-order valence-corrected chi connectivity index (χ0v) is 19.2. The van der Waals surface area contributed by atoms with E-state index in [0.29, 0.717) is 11.8 Å². The second kappa shape index (κ2) is 11.8. The fourth-order valence-corrected chi connectivity index (χ4v) is 3.37. The Balaban J connectivity index is 1.81. The van der Waals surface area contributed by atoms with E-state index in [1.807, 2.05) is 12.3 Å². The molecule has 0 fully saturated rings. The van der Waals surface area contributed by atoms with Gasteiger partial charge >= 0.3 is 0 Å². The lowest BCUT2D eigenvalue weighted by Crippen LogP contribution is -2.25. The van der Waals surface area contributed by atoms with Gasteiger partial charge in [0.25, 0.3) is 0 Å². The molecule has 29 heavy (non-hydrogen) atoms. The maximum absolute atomic E-state index is 6.12. The number of unbranched alkanes of at least 4 members (excludes halogenated alkanes) is 1. The number of pyridine rings is 2. The molecule has 0 N–H and O–H groups in total. The summed E-state index contributed by atoms with van der Waals surface area (Å²) in [6.07, 6.45) is 6.50. The summed E-state index contributed by atoms with van der Waals surface area (Å²) in [7, 11) is 0. The van der Waals surface area contributed by atoms with E-state index in [0.717, 1.165) is 56.2 Å². The zero-order valence-electron chi connectivity index (χ0n) is 19.2. The predicted octanol–water partition coefficient (Wildman–Crippen LogP) is 6.58. The average molecular weight is 398 g/mol. The van der Waals surface area contributed by atoms with Crippen LogP contribution >= 0.6 is 0 Å². The Morgan fingerprint density at radius 1 is 0.966 bits per heavy atom. The molecule has 2 rings (SSSR count). The SMILES string of the molecule is CCC(CCCCN(CC)c1cccc(C(C)C)n1)Oc1ccc(C(C)C)cn1. The number of aromatic nitrogens is 2. The van der Waals surface area contributed by atoms with Crippen molar-refractivity contribution < 1.29 is 4.74 Å². The first-order chi connectivity index (χ1) is 13.9. The smallest absolute Gasteiger partial charge is 0.213 e. The van der Waals surface area contributed by atoms with Crippen LogP contribution in [-0.2, 0) is 0 Å². The first-order valence-corrected chi connectivity index (χ1v) is 11.3. The highest BCUT2D eigenvalue weighted by molar-refractivity contribution is 5.39. The first-order valence-electron chi connectivity index (χ1n) is 11.3. The van der Waals surface area contributed by atoms with Crippen LogP contribution < -0.4 is 9.64 Å². The van der Waals surface area contributed by atoms with Gasteiger partial charge in [-0.15, -0.1) is 0 Å². The van der Waals surface area contributed by atoms with E-state index in [9.17, 15) is 0 Å². The molecule has 1 atom stereocenters. The van der Waals surface area contributed by atoms with Gasteiger partial charge in [0.1, 0.15) is 11.9 Å². The largest absolute Gasteiger partial charge is 0.474 e. The van der Waals surface area contributed by atoms with Crippen molar-refractivity contribution in [3.63, 3.8) is 0 Å². The molecule has 0 aliphatic heterocycles. The molecule has 2 aromatic rings. The van der Waals surface area contributed by atoms with Crippen LogP contribution in [0.4, 0.5) is 5.82 Å². The standard InChI is InChI=1S/C25H39N3O/c1-7-22(29-25-16-15-21(18-26-25)19(3)4)12-9-10-17-28(8-2)24-14-11-13-23(27-24)20(5)6/h11,13-16,18-20,22H,7-10,12,17H2,1-6H3. The van der Waals surface area contributed by atoms with Gasteiger partial charge in [0.2, 0.25) is 5.88 Å². The molecule has 0 radical (unpaired) electrons. The molecule has 4 nitrogen and oxygen atoms in total. The number of hydrogen-bond donors (Lipinski definition) is 0. The van der Waals surface area contributed by atoms with Crippen molar-refractivity contribution in [1.82, 2.24) is 9.97 Å². The molecular formula is C25H39N3O. The maximum Gasteiger partial charge on any atom is 0.213 e. The number of ether oxygens (including phenoxy) is 1. The molecular weight excluding hydrogens is 358 g/mol. The first kappa shape index (κ1) is 23.2. The molecule has 160 valence electrons. The van der Waals surface area contributed by atoms with Gasteiger partial charge in [-0.2, -0.15) is 0 Å². The van der Waals surface area contributed by atoms with Crippen LogP contribution in [0, 0.1) is 0 Å². The third kappa shape index (κ3) is 7.34. The van der Waals surface area contributed by atoms with Crippen molar-refractivity contribution in [3.05, 3.63) is 47.8 Å². The topological polar surface area (TPSA) is 38.2 Å². The maximum atomic E-state index is 6.12. The van der Waals surface area contributed by atoms with E-state index < -0.39 is 0 Å². The van der Waals surface area contributed by atoms with Crippen molar-refractivity contribution in [2.45, 2.75) is 85.2 Å². The van der Waals surface area contributed by atoms with E-state index in [4.69, 9.17) is 9.72 Å². The normalized spacial score (nSPS) is 12.4. The highest BCUT2D eigenvalue weighted by Gasteiger charge is 2.12. The van der Waals surface area contributed by atoms with Gasteiger partial charge in [0.05, 0.1) is 0 Å². The number of nitrogens with zero attached hydrogens (tertiary/aromatic N) is 3. The summed E-state index contributed by atoms with van der Waals surface area (Å²) in [6, 6.07) is 10.5. The van der Waals surface area contributed by atoms with Gasteiger partial charge in [-0.3, -0.25) is 0 Å². The van der Waals surface area contributed by atoms with Crippen LogP contribution in [0.1, 0.15) is 90.3 Å². The van der Waals surface area contributed by atoms with Gasteiger partial charge < -0.3 is 9.64 Å². The monoisotopic (exact) mass is 397 g/mol. The summed E-state index contributed by atoms with van der Waals surface area (Å²) in [4.78, 5) is 11.7. The van der Waals surface area contributed by atoms with Crippen LogP contribution in [-0.4, -0.2) is 29.2 Å². The molecule has 0 aliphatic rings. The van der Waals surface area contributed by atoms with E-state index in [2.05, 4.69) is 75.7 Å². The summed E-state index contributed by atoms with van der Waals surface area (Å²) in [5.41, 5.74) is 2.41. The second-order valence-corrected chi connectivity index (χ2v) is 8.38. The number of rotatable bonds is 12. The summed E-state index contributed by atoms with van der Waals surface area (Å²) in [5, 5.41) is 0. The quantitative estimate of drug-likeness (QED) is 0.379. The fraction of sp³-hybridized carbons (Fsp3) is 0.600. The van der Waals surface area contributed by atoms with Gasteiger partial charge in [-0.25, -0.2) is 9.97 Å². The van der Waals surface area contributed by atoms with Crippen LogP contribution in [0.3, 0.4) is 0 Å². The van der Waals surface area contributed by atoms with Crippen molar-refractivity contribution in [1.29, 1.82) is 0 Å². The molecule has 2 aromatic heterocycles. The lowest BCUT2D eigenvalue weighted by molar-refractivity contribution is 0.175. The van der Waals surface area contributed by atoms with Crippen molar-refractivity contribution in [3.8, 4) is 5.88 Å². The minimum atomic E-state index is 0.227. The highest BCUT2D eigenvalue weighted by atomic mass is 16.5. The summed E-state index contributed by atoms with van der Waals surface area (Å²) >= 11 is 0. The zero-order chi connectivity index (χ0) is 21.2. The molecule has 0 aliphatic carbocycles. The molecule has 0 saturated heterocycles. The fourth-order valence-electron chi connectivity index (χ4n) is 3.37. The Labute approximate surface area is 177 Å². The highest BCUT2D eigenvalue weighted by Crippen LogP contribution is 2.20. The third-order valence-electron chi connectivity index (χ3n) is 5.43. The van der Waals surface area contributed by atoms with Gasteiger partial charge in [0.15, 0.2) is 0 Å². The Morgan fingerprint density at radius 2 is 1.76 bits per heavy atom. The van der Waals surface area contributed by atoms with E-state index in [1.165, 1.54) is 5.56 Å². The van der Waals surface area contributed by atoms with E-state index in [-0.39, 0.29) is 6.10 Å².